The highest BCUT2D eigenvalue weighted by atomic mass is 35.5. The van der Waals surface area contributed by atoms with Crippen LogP contribution in [0.25, 0.3) is 0 Å². The Bertz CT molecular complexity index is 282. The smallest absolute Gasteiger partial charge is 0.0241 e. The van der Waals surface area contributed by atoms with Gasteiger partial charge in [0, 0.05) is 6.54 Å². The molecule has 17 heavy (non-hydrogen) atoms. The summed E-state index contributed by atoms with van der Waals surface area (Å²) < 4.78 is 0. The van der Waals surface area contributed by atoms with Crippen molar-refractivity contribution >= 4 is 23.7 Å². The third-order valence-electron chi connectivity index (χ3n) is 3.50. The fourth-order valence-electron chi connectivity index (χ4n) is 2.42. The largest absolute Gasteiger partial charge is 0.320 e. The summed E-state index contributed by atoms with van der Waals surface area (Å²) in [7, 11) is 2.05. The lowest BCUT2D eigenvalue weighted by Gasteiger charge is -2.31. The van der Waals surface area contributed by atoms with Crippen molar-refractivity contribution in [1.82, 2.24) is 10.2 Å². The van der Waals surface area contributed by atoms with Crippen LogP contribution in [-0.2, 0) is 6.54 Å². The molecular weight excluding hydrogens is 252 g/mol. The third kappa shape index (κ3) is 4.96. The zero-order chi connectivity index (χ0) is 11.2. The van der Waals surface area contributed by atoms with Crippen LogP contribution in [0.4, 0.5) is 0 Å². The van der Waals surface area contributed by atoms with Gasteiger partial charge in [-0.2, -0.15) is 11.3 Å². The van der Waals surface area contributed by atoms with E-state index >= 15 is 0 Å². The van der Waals surface area contributed by atoms with Gasteiger partial charge >= 0.3 is 0 Å². The molecule has 0 amide bonds. The topological polar surface area (TPSA) is 15.3 Å². The van der Waals surface area contributed by atoms with Crippen LogP contribution in [0, 0.1) is 5.92 Å². The molecule has 0 unspecified atom stereocenters. The average molecular weight is 275 g/mol. The van der Waals surface area contributed by atoms with E-state index in [4.69, 9.17) is 0 Å². The van der Waals surface area contributed by atoms with Gasteiger partial charge in [-0.05, 0) is 74.3 Å². The molecule has 1 aromatic heterocycles. The van der Waals surface area contributed by atoms with Crippen LogP contribution >= 0.6 is 23.7 Å². The Morgan fingerprint density at radius 3 is 2.76 bits per heavy atom. The fourth-order valence-corrected chi connectivity index (χ4v) is 3.08. The number of nitrogens with one attached hydrogen (secondary N) is 1. The normalized spacial score (nSPS) is 17.9. The summed E-state index contributed by atoms with van der Waals surface area (Å²) in [5, 5.41) is 7.70. The van der Waals surface area contributed by atoms with Gasteiger partial charge < -0.3 is 5.32 Å². The maximum atomic E-state index is 3.25. The molecule has 0 atom stereocenters. The van der Waals surface area contributed by atoms with Crippen LogP contribution in [0.3, 0.4) is 0 Å². The minimum absolute atomic E-state index is 0. The molecular formula is C13H23ClN2S. The predicted octanol–water partition coefficient (Wildman–Crippen LogP) is 2.99. The maximum Gasteiger partial charge on any atom is 0.0241 e. The quantitative estimate of drug-likeness (QED) is 0.888. The van der Waals surface area contributed by atoms with Crippen molar-refractivity contribution in [2.45, 2.75) is 25.8 Å². The summed E-state index contributed by atoms with van der Waals surface area (Å²) in [6.45, 7) is 4.89. The molecule has 98 valence electrons. The lowest BCUT2D eigenvalue weighted by atomic mass is 9.93. The summed E-state index contributed by atoms with van der Waals surface area (Å²) in [5.74, 6) is 0.950. The van der Waals surface area contributed by atoms with Crippen molar-refractivity contribution in [2.24, 2.45) is 5.92 Å². The lowest BCUT2D eigenvalue weighted by Crippen LogP contribution is -2.33. The van der Waals surface area contributed by atoms with Crippen LogP contribution < -0.4 is 5.32 Å². The van der Waals surface area contributed by atoms with E-state index in [-0.39, 0.29) is 12.4 Å². The van der Waals surface area contributed by atoms with Gasteiger partial charge in [0.1, 0.15) is 0 Å². The van der Waals surface area contributed by atoms with Gasteiger partial charge in [0.2, 0.25) is 0 Å². The van der Waals surface area contributed by atoms with E-state index in [0.717, 1.165) is 12.5 Å². The summed E-state index contributed by atoms with van der Waals surface area (Å²) in [6.07, 6.45) is 4.11. The Morgan fingerprint density at radius 1 is 1.41 bits per heavy atom. The van der Waals surface area contributed by atoms with E-state index in [2.05, 4.69) is 27.0 Å². The second kappa shape index (κ2) is 8.09. The van der Waals surface area contributed by atoms with Gasteiger partial charge in [0.15, 0.2) is 0 Å². The van der Waals surface area contributed by atoms with Crippen molar-refractivity contribution in [3.8, 4) is 0 Å². The van der Waals surface area contributed by atoms with E-state index in [0.29, 0.717) is 0 Å². The molecule has 1 aliphatic heterocycles. The summed E-state index contributed by atoms with van der Waals surface area (Å²) >= 11 is 1.80. The van der Waals surface area contributed by atoms with Crippen molar-refractivity contribution < 1.29 is 0 Å². The minimum atomic E-state index is 0. The van der Waals surface area contributed by atoms with E-state index in [9.17, 15) is 0 Å². The predicted molar refractivity (Wildman–Crippen MR) is 78.1 cm³/mol. The molecule has 1 aliphatic rings. The first kappa shape index (κ1) is 15.0. The Labute approximate surface area is 115 Å². The highest BCUT2D eigenvalue weighted by Crippen LogP contribution is 2.21. The molecule has 0 bridgehead atoms. The zero-order valence-corrected chi connectivity index (χ0v) is 12.2. The summed E-state index contributed by atoms with van der Waals surface area (Å²) in [5.41, 5.74) is 1.48. The zero-order valence-electron chi connectivity index (χ0n) is 10.5. The van der Waals surface area contributed by atoms with E-state index < -0.39 is 0 Å². The van der Waals surface area contributed by atoms with Gasteiger partial charge in [0.05, 0.1) is 0 Å². The average Bonchev–Trinajstić information content (AvgIpc) is 2.81. The Hall–Kier alpha value is -0.0900. The molecule has 0 spiro atoms. The first-order valence-corrected chi connectivity index (χ1v) is 7.21. The molecule has 1 fully saturated rings. The molecule has 0 aliphatic carbocycles. The first-order chi connectivity index (χ1) is 7.88. The number of rotatable bonds is 5. The van der Waals surface area contributed by atoms with Crippen molar-refractivity contribution in [3.05, 3.63) is 22.4 Å². The number of nitrogens with zero attached hydrogens (tertiary/aromatic N) is 1. The highest BCUT2D eigenvalue weighted by molar-refractivity contribution is 7.07. The van der Waals surface area contributed by atoms with Gasteiger partial charge in [0.25, 0.3) is 0 Å². The second-order valence-electron chi connectivity index (χ2n) is 4.74. The standard InChI is InChI=1S/C13H22N2S.ClH/c1-14-6-2-12-3-7-15(8-4-12)10-13-5-9-16-11-13;/h5,9,11-12,14H,2-4,6-8,10H2,1H3;1H. The summed E-state index contributed by atoms with van der Waals surface area (Å²) in [4.78, 5) is 2.60. The maximum absolute atomic E-state index is 3.25. The van der Waals surface area contributed by atoms with E-state index in [1.54, 1.807) is 11.3 Å². The number of hydrogen-bond donors (Lipinski definition) is 1. The molecule has 0 radical (unpaired) electrons. The molecule has 4 heteroatoms. The Kier molecular flexibility index (Phi) is 7.12. The lowest BCUT2D eigenvalue weighted by molar-refractivity contribution is 0.172. The molecule has 0 aromatic carbocycles. The van der Waals surface area contributed by atoms with Crippen molar-refractivity contribution in [3.63, 3.8) is 0 Å². The second-order valence-corrected chi connectivity index (χ2v) is 5.52. The van der Waals surface area contributed by atoms with Gasteiger partial charge in [-0.1, -0.05) is 0 Å². The SMILES string of the molecule is CNCCC1CCN(Cc2ccsc2)CC1.Cl. The van der Waals surface area contributed by atoms with Crippen LogP contribution in [-0.4, -0.2) is 31.6 Å². The van der Waals surface area contributed by atoms with Crippen LogP contribution in [0.5, 0.6) is 0 Å². The minimum Gasteiger partial charge on any atom is -0.320 e. The monoisotopic (exact) mass is 274 g/mol. The van der Waals surface area contributed by atoms with E-state index in [1.165, 1.54) is 44.5 Å². The van der Waals surface area contributed by atoms with Gasteiger partial charge in [-0.3, -0.25) is 4.90 Å². The Balaban J connectivity index is 0.00000144. The molecule has 2 heterocycles. The number of piperidine rings is 1. The van der Waals surface area contributed by atoms with Crippen LogP contribution in [0.15, 0.2) is 16.8 Å². The fraction of sp³-hybridized carbons (Fsp3) is 0.692. The first-order valence-electron chi connectivity index (χ1n) is 6.26. The van der Waals surface area contributed by atoms with Gasteiger partial charge in [-0.25, -0.2) is 0 Å². The van der Waals surface area contributed by atoms with Gasteiger partial charge in [-0.15, -0.1) is 12.4 Å². The number of likely N-dealkylation sites (tertiary alicyclic amines) is 1. The Morgan fingerprint density at radius 2 is 2.18 bits per heavy atom. The number of thiophene rings is 1. The van der Waals surface area contributed by atoms with Crippen LogP contribution in [0.1, 0.15) is 24.8 Å². The highest BCUT2D eigenvalue weighted by Gasteiger charge is 2.18. The molecule has 0 saturated carbocycles. The molecule has 2 nitrogen and oxygen atoms in total. The molecule has 1 saturated heterocycles. The van der Waals surface area contributed by atoms with Crippen molar-refractivity contribution in [2.75, 3.05) is 26.7 Å². The number of halogens is 1. The van der Waals surface area contributed by atoms with Crippen LogP contribution in [0.2, 0.25) is 0 Å². The molecule has 1 N–H and O–H groups in total. The molecule has 1 aromatic rings. The van der Waals surface area contributed by atoms with E-state index in [1.807, 2.05) is 7.05 Å². The summed E-state index contributed by atoms with van der Waals surface area (Å²) in [6, 6.07) is 2.25. The molecule has 2 rings (SSSR count). The van der Waals surface area contributed by atoms with Crippen molar-refractivity contribution in [1.29, 1.82) is 0 Å². The number of hydrogen-bond acceptors (Lipinski definition) is 3. The third-order valence-corrected chi connectivity index (χ3v) is 4.23.